The number of amides is 1. The molecule has 1 aromatic carbocycles. The van der Waals surface area contributed by atoms with Gasteiger partial charge in [0.05, 0.1) is 19.8 Å². The number of thiophene rings is 1. The van der Waals surface area contributed by atoms with Gasteiger partial charge in [0.1, 0.15) is 11.9 Å². The minimum atomic E-state index is -1.22. The largest absolute Gasteiger partial charge is 0.485 e. The summed E-state index contributed by atoms with van der Waals surface area (Å²) in [6, 6.07) is 13.5. The van der Waals surface area contributed by atoms with Gasteiger partial charge >= 0.3 is 6.09 Å². The van der Waals surface area contributed by atoms with Gasteiger partial charge < -0.3 is 19.1 Å². The fraction of sp³-hybridized carbons (Fsp3) is 0.577. The van der Waals surface area contributed by atoms with E-state index in [1.165, 1.54) is 10.4 Å². The highest BCUT2D eigenvalue weighted by Crippen LogP contribution is 2.31. The number of nitrogens with zero attached hydrogens (tertiary/aromatic N) is 2. The van der Waals surface area contributed by atoms with Crippen molar-refractivity contribution in [1.82, 2.24) is 9.80 Å². The fourth-order valence-electron chi connectivity index (χ4n) is 3.77. The molecule has 188 valence electrons. The number of hydrogen-bond donors (Lipinski definition) is 0. The van der Waals surface area contributed by atoms with Crippen LogP contribution < -0.4 is 4.74 Å². The molecule has 2 aromatic rings. The van der Waals surface area contributed by atoms with E-state index < -0.39 is 8.07 Å². The number of morpholine rings is 1. The number of hydrogen-bond acceptors (Lipinski definition) is 6. The molecule has 2 heterocycles. The van der Waals surface area contributed by atoms with Gasteiger partial charge in [-0.15, -0.1) is 11.3 Å². The Morgan fingerprint density at radius 3 is 2.65 bits per heavy atom. The van der Waals surface area contributed by atoms with E-state index in [9.17, 15) is 4.79 Å². The third-order valence-corrected chi connectivity index (χ3v) is 8.69. The molecule has 0 spiro atoms. The van der Waals surface area contributed by atoms with Crippen LogP contribution in [0.1, 0.15) is 23.0 Å². The highest BCUT2D eigenvalue weighted by Gasteiger charge is 2.21. The summed E-state index contributed by atoms with van der Waals surface area (Å²) in [5.41, 5.74) is 1.22. The second-order valence-corrected chi connectivity index (χ2v) is 16.7. The van der Waals surface area contributed by atoms with Gasteiger partial charge in [0.15, 0.2) is 0 Å². The lowest BCUT2D eigenvalue weighted by molar-refractivity contribution is 0.0383. The van der Waals surface area contributed by atoms with Crippen LogP contribution in [0, 0.1) is 0 Å². The number of carbonyl (C=O) groups excluding carboxylic acids is 1. The van der Waals surface area contributed by atoms with Gasteiger partial charge in [-0.05, 0) is 35.5 Å². The number of rotatable bonds is 12. The predicted molar refractivity (Wildman–Crippen MR) is 142 cm³/mol. The lowest BCUT2D eigenvalue weighted by Crippen LogP contribution is -2.37. The van der Waals surface area contributed by atoms with E-state index in [0.29, 0.717) is 19.6 Å². The normalized spacial score (nSPS) is 15.6. The zero-order chi connectivity index (χ0) is 24.4. The Kier molecular flexibility index (Phi) is 10.4. The van der Waals surface area contributed by atoms with Gasteiger partial charge in [-0.3, -0.25) is 4.90 Å². The van der Waals surface area contributed by atoms with Crippen molar-refractivity contribution in [2.75, 3.05) is 53.0 Å². The van der Waals surface area contributed by atoms with Gasteiger partial charge in [-0.25, -0.2) is 4.79 Å². The van der Waals surface area contributed by atoms with Gasteiger partial charge in [0.2, 0.25) is 0 Å². The maximum absolute atomic E-state index is 12.4. The number of benzene rings is 1. The zero-order valence-electron chi connectivity index (χ0n) is 21.1. The summed E-state index contributed by atoms with van der Waals surface area (Å²) < 4.78 is 17.5. The SMILES string of the molecule is CN(CCC(Oc1ccccc1CCN1CCOCC1)c1cccs1)C(=O)OCC[Si](C)(C)C. The lowest BCUT2D eigenvalue weighted by atomic mass is 10.1. The van der Waals surface area contributed by atoms with Gasteiger partial charge in [0, 0.05) is 52.6 Å². The molecule has 3 rings (SSSR count). The molecular weight excluding hydrogens is 464 g/mol. The second kappa shape index (κ2) is 13.3. The summed E-state index contributed by atoms with van der Waals surface area (Å²) in [4.78, 5) is 17.7. The first-order valence-electron chi connectivity index (χ1n) is 12.3. The van der Waals surface area contributed by atoms with Crippen LogP contribution in [0.5, 0.6) is 5.75 Å². The van der Waals surface area contributed by atoms with Crippen LogP contribution in [0.2, 0.25) is 25.7 Å². The number of ether oxygens (including phenoxy) is 3. The van der Waals surface area contributed by atoms with E-state index in [2.05, 4.69) is 60.3 Å². The van der Waals surface area contributed by atoms with Crippen molar-refractivity contribution in [2.24, 2.45) is 0 Å². The average Bonchev–Trinajstić information content (AvgIpc) is 3.35. The molecule has 6 nitrogen and oxygen atoms in total. The molecule has 0 aliphatic carbocycles. The van der Waals surface area contributed by atoms with Crippen LogP contribution in [-0.2, 0) is 15.9 Å². The molecule has 0 radical (unpaired) electrons. The zero-order valence-corrected chi connectivity index (χ0v) is 22.9. The summed E-state index contributed by atoms with van der Waals surface area (Å²) >= 11 is 1.69. The molecule has 0 saturated carbocycles. The Labute approximate surface area is 209 Å². The molecular formula is C26H40N2O4SSi. The molecule has 1 saturated heterocycles. The van der Waals surface area contributed by atoms with Crippen LogP contribution in [0.3, 0.4) is 0 Å². The van der Waals surface area contributed by atoms with E-state index in [-0.39, 0.29) is 12.2 Å². The Balaban J connectivity index is 1.58. The first kappa shape index (κ1) is 26.7. The Morgan fingerprint density at radius 1 is 1.18 bits per heavy atom. The molecule has 1 fully saturated rings. The molecule has 1 aliphatic rings. The molecule has 0 bridgehead atoms. The molecule has 1 aliphatic heterocycles. The smallest absolute Gasteiger partial charge is 0.409 e. The predicted octanol–water partition coefficient (Wildman–Crippen LogP) is 5.54. The van der Waals surface area contributed by atoms with Crippen LogP contribution in [-0.4, -0.2) is 77.0 Å². The third kappa shape index (κ3) is 9.06. The number of para-hydroxylation sites is 1. The van der Waals surface area contributed by atoms with Crippen molar-refractivity contribution < 1.29 is 19.0 Å². The van der Waals surface area contributed by atoms with Gasteiger partial charge in [0.25, 0.3) is 0 Å². The standard InChI is InChI=1S/C26H40N2O4SSi/c1-27(26(29)31-19-21-34(2,3)4)13-12-24(25-10-7-20-33-25)32-23-9-6-5-8-22(23)11-14-28-15-17-30-18-16-28/h5-10,20,24H,11-19,21H2,1-4H3. The highest BCUT2D eigenvalue weighted by molar-refractivity contribution is 7.10. The van der Waals surface area contributed by atoms with Crippen LogP contribution in [0.15, 0.2) is 41.8 Å². The molecule has 0 N–H and O–H groups in total. The van der Waals surface area contributed by atoms with Gasteiger partial charge in [-0.2, -0.15) is 0 Å². The third-order valence-electron chi connectivity index (χ3n) is 6.02. The number of carbonyl (C=O) groups is 1. The highest BCUT2D eigenvalue weighted by atomic mass is 32.1. The second-order valence-electron chi connectivity index (χ2n) is 10.1. The topological polar surface area (TPSA) is 51.2 Å². The maximum Gasteiger partial charge on any atom is 0.409 e. The van der Waals surface area contributed by atoms with Crippen molar-refractivity contribution in [2.45, 2.75) is 44.6 Å². The monoisotopic (exact) mass is 504 g/mol. The van der Waals surface area contributed by atoms with Crippen molar-refractivity contribution in [3.8, 4) is 5.75 Å². The summed E-state index contributed by atoms with van der Waals surface area (Å²) in [6.07, 6.45) is 1.28. The summed E-state index contributed by atoms with van der Waals surface area (Å²) in [5.74, 6) is 0.925. The van der Waals surface area contributed by atoms with Crippen LogP contribution in [0.25, 0.3) is 0 Å². The molecule has 1 aromatic heterocycles. The summed E-state index contributed by atoms with van der Waals surface area (Å²) in [6.45, 7) is 12.5. The molecule has 1 atom stereocenters. The van der Waals surface area contributed by atoms with Gasteiger partial charge in [-0.1, -0.05) is 43.9 Å². The van der Waals surface area contributed by atoms with Crippen LogP contribution >= 0.6 is 11.3 Å². The Morgan fingerprint density at radius 2 is 1.94 bits per heavy atom. The Hall–Kier alpha value is -1.87. The average molecular weight is 505 g/mol. The summed E-state index contributed by atoms with van der Waals surface area (Å²) in [7, 11) is 0.582. The maximum atomic E-state index is 12.4. The molecule has 1 unspecified atom stereocenters. The van der Waals surface area contributed by atoms with E-state index in [0.717, 1.165) is 51.1 Å². The lowest BCUT2D eigenvalue weighted by Gasteiger charge is -2.27. The molecule has 34 heavy (non-hydrogen) atoms. The van der Waals surface area contributed by atoms with E-state index in [4.69, 9.17) is 14.2 Å². The van der Waals surface area contributed by atoms with E-state index in [1.54, 1.807) is 23.3 Å². The fourth-order valence-corrected chi connectivity index (χ4v) is 5.28. The van der Waals surface area contributed by atoms with Crippen molar-refractivity contribution in [1.29, 1.82) is 0 Å². The van der Waals surface area contributed by atoms with Crippen molar-refractivity contribution >= 4 is 25.5 Å². The Bertz CT molecular complexity index is 866. The van der Waals surface area contributed by atoms with Crippen LogP contribution in [0.4, 0.5) is 4.79 Å². The first-order chi connectivity index (χ1) is 16.3. The minimum absolute atomic E-state index is 0.109. The molecule has 8 heteroatoms. The van der Waals surface area contributed by atoms with Crippen molar-refractivity contribution in [3.05, 3.63) is 52.2 Å². The molecule has 1 amide bonds. The van der Waals surface area contributed by atoms with Crippen molar-refractivity contribution in [3.63, 3.8) is 0 Å². The minimum Gasteiger partial charge on any atom is -0.485 e. The first-order valence-corrected chi connectivity index (χ1v) is 16.9. The van der Waals surface area contributed by atoms with E-state index in [1.807, 2.05) is 6.07 Å². The quantitative estimate of drug-likeness (QED) is 0.355. The van der Waals surface area contributed by atoms with E-state index >= 15 is 0 Å². The summed E-state index contributed by atoms with van der Waals surface area (Å²) in [5, 5.41) is 2.07.